The van der Waals surface area contributed by atoms with Crippen LogP contribution >= 0.6 is 0 Å². The minimum absolute atomic E-state index is 0.0528. The van der Waals surface area contributed by atoms with Gasteiger partial charge in [0.05, 0.1) is 32.3 Å². The van der Waals surface area contributed by atoms with E-state index >= 15 is 0 Å². The Morgan fingerprint density at radius 2 is 1.97 bits per heavy atom. The number of nitrogens with one attached hydrogen (secondary N) is 1. The van der Waals surface area contributed by atoms with Crippen molar-refractivity contribution in [2.75, 3.05) is 40.0 Å². The van der Waals surface area contributed by atoms with Gasteiger partial charge >= 0.3 is 0 Å². The van der Waals surface area contributed by atoms with Gasteiger partial charge in [-0.15, -0.1) is 0 Å². The van der Waals surface area contributed by atoms with Crippen LogP contribution in [-0.4, -0.2) is 90.3 Å². The summed E-state index contributed by atoms with van der Waals surface area (Å²) in [5.74, 6) is 0.0349. The second kappa shape index (κ2) is 13.6. The van der Waals surface area contributed by atoms with Gasteiger partial charge in [0.25, 0.3) is 0 Å². The number of methoxy groups -OCH3 is 1. The molecule has 10 nitrogen and oxygen atoms in total. The van der Waals surface area contributed by atoms with Crippen molar-refractivity contribution in [3.63, 3.8) is 0 Å². The summed E-state index contributed by atoms with van der Waals surface area (Å²) in [6.45, 7) is 2.95. The number of aliphatic hydroxyl groups is 3. The molecule has 1 heterocycles. The molecule has 0 saturated heterocycles. The Morgan fingerprint density at radius 1 is 1.21 bits per heavy atom. The zero-order chi connectivity index (χ0) is 27.9. The fraction of sp³-hybridized carbons (Fsp3) is 0.655. The molecule has 1 saturated carbocycles. The molecule has 1 aliphatic heterocycles. The lowest BCUT2D eigenvalue weighted by atomic mass is 9.77. The molecule has 4 N–H and O–H groups in total. The van der Waals surface area contributed by atoms with Gasteiger partial charge < -0.3 is 39.7 Å². The summed E-state index contributed by atoms with van der Waals surface area (Å²) in [6, 6.07) is 2.64. The monoisotopic (exact) mass is 546 g/mol. The Balaban J connectivity index is 1.72. The average Bonchev–Trinajstić information content (AvgIpc) is 3.60. The molecular weight excluding hydrogens is 504 g/mol. The van der Waals surface area contributed by atoms with E-state index in [2.05, 4.69) is 5.32 Å². The molecule has 0 aromatic heterocycles. The molecule has 1 aromatic rings. The summed E-state index contributed by atoms with van der Waals surface area (Å²) in [5, 5.41) is 33.6. The Morgan fingerprint density at radius 3 is 2.64 bits per heavy atom. The molecule has 0 spiro atoms. The highest BCUT2D eigenvalue weighted by molar-refractivity contribution is 5.96. The maximum atomic E-state index is 13.7. The first-order valence-corrected chi connectivity index (χ1v) is 14.1. The predicted molar refractivity (Wildman–Crippen MR) is 143 cm³/mol. The molecule has 1 aromatic carbocycles. The first-order chi connectivity index (χ1) is 18.9. The molecule has 2 aliphatic carbocycles. The lowest BCUT2D eigenvalue weighted by Crippen LogP contribution is -2.56. The SMILES string of the molecule is CCOCCCN(C(=O)CC1CCCC1)[C@@H]1C=C(C(=O)NCCO)[C@@H]2c3cc(CO)cc(OC)c3O[C@@H]2[C@H]1O. The Bertz CT molecular complexity index is 1040. The molecule has 4 atom stereocenters. The number of aliphatic hydroxyl groups excluding tert-OH is 3. The number of benzene rings is 1. The smallest absolute Gasteiger partial charge is 0.247 e. The van der Waals surface area contributed by atoms with Gasteiger partial charge in [-0.2, -0.15) is 0 Å². The molecule has 216 valence electrons. The number of nitrogens with zero attached hydrogens (tertiary/aromatic N) is 1. The Kier molecular flexibility index (Phi) is 10.2. The highest BCUT2D eigenvalue weighted by atomic mass is 16.5. The van der Waals surface area contributed by atoms with E-state index in [4.69, 9.17) is 14.2 Å². The zero-order valence-electron chi connectivity index (χ0n) is 22.9. The number of carbonyl (C=O) groups is 2. The van der Waals surface area contributed by atoms with Crippen molar-refractivity contribution in [3.05, 3.63) is 34.9 Å². The van der Waals surface area contributed by atoms with Gasteiger partial charge in [-0.3, -0.25) is 9.59 Å². The second-order valence-electron chi connectivity index (χ2n) is 10.5. The fourth-order valence-electron chi connectivity index (χ4n) is 6.12. The maximum absolute atomic E-state index is 13.7. The number of rotatable bonds is 13. The van der Waals surface area contributed by atoms with Gasteiger partial charge in [-0.25, -0.2) is 0 Å². The molecular formula is C29H42N2O8. The van der Waals surface area contributed by atoms with E-state index in [0.29, 0.717) is 66.7 Å². The van der Waals surface area contributed by atoms with Crippen molar-refractivity contribution < 1.29 is 39.1 Å². The summed E-state index contributed by atoms with van der Waals surface area (Å²) < 4.78 is 17.3. The highest BCUT2D eigenvalue weighted by Crippen LogP contribution is 2.51. The largest absolute Gasteiger partial charge is 0.493 e. The standard InChI is InChI=1S/C29H42N2O8/c1-3-38-12-6-10-31(24(34)15-18-7-4-5-8-18)22-16-21(29(36)30-9-11-32)25-20-13-19(17-33)14-23(37-2)27(20)39-28(25)26(22)35/h13-14,16,18,22,25-26,28,32-33,35H,3-12,15,17H2,1-2H3,(H,30,36)/t22-,25+,26+,28+/m1/s1. The summed E-state index contributed by atoms with van der Waals surface area (Å²) in [5.41, 5.74) is 1.57. The minimum Gasteiger partial charge on any atom is -0.493 e. The van der Waals surface area contributed by atoms with Crippen LogP contribution in [0.1, 0.15) is 62.5 Å². The molecule has 0 radical (unpaired) electrons. The summed E-state index contributed by atoms with van der Waals surface area (Å²) in [4.78, 5) is 28.8. The molecule has 39 heavy (non-hydrogen) atoms. The van der Waals surface area contributed by atoms with Crippen LogP contribution in [0.5, 0.6) is 11.5 Å². The molecule has 0 bridgehead atoms. The van der Waals surface area contributed by atoms with Crippen molar-refractivity contribution in [1.82, 2.24) is 10.2 Å². The van der Waals surface area contributed by atoms with Crippen molar-refractivity contribution in [3.8, 4) is 11.5 Å². The van der Waals surface area contributed by atoms with Crippen molar-refractivity contribution in [2.24, 2.45) is 5.92 Å². The number of hydrogen-bond donors (Lipinski definition) is 4. The first-order valence-electron chi connectivity index (χ1n) is 14.1. The van der Waals surface area contributed by atoms with Crippen molar-refractivity contribution in [2.45, 2.75) is 76.2 Å². The fourth-order valence-corrected chi connectivity index (χ4v) is 6.12. The van der Waals surface area contributed by atoms with Gasteiger partial charge in [-0.05, 0) is 55.9 Å². The number of ether oxygens (including phenoxy) is 3. The van der Waals surface area contributed by atoms with Gasteiger partial charge in [0, 0.05) is 43.9 Å². The molecule has 1 fully saturated rings. The third kappa shape index (κ3) is 6.40. The van der Waals surface area contributed by atoms with Crippen LogP contribution < -0.4 is 14.8 Å². The van der Waals surface area contributed by atoms with Crippen LogP contribution in [-0.2, 0) is 20.9 Å². The summed E-state index contributed by atoms with van der Waals surface area (Å²) in [6.07, 6.45) is 5.01. The number of hydrogen-bond acceptors (Lipinski definition) is 8. The van der Waals surface area contributed by atoms with Crippen LogP contribution in [0.4, 0.5) is 0 Å². The number of carbonyl (C=O) groups excluding carboxylic acids is 2. The van der Waals surface area contributed by atoms with Crippen LogP contribution in [0.15, 0.2) is 23.8 Å². The van der Waals surface area contributed by atoms with E-state index in [1.54, 1.807) is 23.1 Å². The number of fused-ring (bicyclic) bond motifs is 3. The molecule has 0 unspecified atom stereocenters. The van der Waals surface area contributed by atoms with E-state index in [-0.39, 0.29) is 25.7 Å². The number of amides is 2. The summed E-state index contributed by atoms with van der Waals surface area (Å²) >= 11 is 0. The van der Waals surface area contributed by atoms with Crippen molar-refractivity contribution in [1.29, 1.82) is 0 Å². The molecule has 2 amide bonds. The first kappa shape index (κ1) is 29.3. The van der Waals surface area contributed by atoms with Crippen LogP contribution in [0, 0.1) is 5.92 Å². The van der Waals surface area contributed by atoms with Crippen molar-refractivity contribution >= 4 is 11.8 Å². The lowest BCUT2D eigenvalue weighted by molar-refractivity contribution is -0.138. The third-order valence-electron chi connectivity index (χ3n) is 8.00. The van der Waals surface area contributed by atoms with Gasteiger partial charge in [-0.1, -0.05) is 12.8 Å². The van der Waals surface area contributed by atoms with Gasteiger partial charge in [0.1, 0.15) is 12.2 Å². The Hall–Kier alpha value is -2.66. The van der Waals surface area contributed by atoms with Gasteiger partial charge in [0.2, 0.25) is 11.8 Å². The summed E-state index contributed by atoms with van der Waals surface area (Å²) in [7, 11) is 1.49. The third-order valence-corrected chi connectivity index (χ3v) is 8.00. The van der Waals surface area contributed by atoms with E-state index < -0.39 is 30.1 Å². The molecule has 3 aliphatic rings. The lowest BCUT2D eigenvalue weighted by Gasteiger charge is -2.41. The zero-order valence-corrected chi connectivity index (χ0v) is 22.9. The Labute approximate surface area is 229 Å². The van der Waals surface area contributed by atoms with Crippen LogP contribution in [0.25, 0.3) is 0 Å². The molecule has 10 heteroatoms. The molecule has 4 rings (SSSR count). The van der Waals surface area contributed by atoms with Crippen LogP contribution in [0.2, 0.25) is 0 Å². The normalized spacial score (nSPS) is 24.0. The predicted octanol–water partition coefficient (Wildman–Crippen LogP) is 1.65. The maximum Gasteiger partial charge on any atom is 0.247 e. The van der Waals surface area contributed by atoms with E-state index in [0.717, 1.165) is 25.7 Å². The highest BCUT2D eigenvalue weighted by Gasteiger charge is 2.51. The van der Waals surface area contributed by atoms with Crippen LogP contribution in [0.3, 0.4) is 0 Å². The van der Waals surface area contributed by atoms with E-state index in [1.165, 1.54) is 7.11 Å². The quantitative estimate of drug-likeness (QED) is 0.274. The van der Waals surface area contributed by atoms with E-state index in [1.807, 2.05) is 6.92 Å². The minimum atomic E-state index is -1.11. The van der Waals surface area contributed by atoms with E-state index in [9.17, 15) is 24.9 Å². The average molecular weight is 547 g/mol. The topological polar surface area (TPSA) is 138 Å². The van der Waals surface area contributed by atoms with Gasteiger partial charge in [0.15, 0.2) is 11.5 Å². The second-order valence-corrected chi connectivity index (χ2v) is 10.5.